The average molecular weight is 194 g/mol. The first-order valence-electron chi connectivity index (χ1n) is 4.66. The molecule has 1 heteroatoms. The van der Waals surface area contributed by atoms with Gasteiger partial charge >= 0.3 is 0 Å². The van der Waals surface area contributed by atoms with Crippen LogP contribution in [0.4, 0.5) is 0 Å². The summed E-state index contributed by atoms with van der Waals surface area (Å²) in [5.74, 6) is 2.61. The maximum atomic E-state index is 9.44. The van der Waals surface area contributed by atoms with Crippen LogP contribution in [0.3, 0.4) is 0 Å². The molecule has 15 heavy (non-hydrogen) atoms. The van der Waals surface area contributed by atoms with Crippen molar-refractivity contribution in [1.82, 2.24) is 0 Å². The Kier molecular flexibility index (Phi) is 2.43. The Morgan fingerprint density at radius 2 is 1.67 bits per heavy atom. The van der Waals surface area contributed by atoms with Crippen LogP contribution in [0.25, 0.3) is 11.1 Å². The van der Waals surface area contributed by atoms with Crippen molar-refractivity contribution in [2.24, 2.45) is 0 Å². The van der Waals surface area contributed by atoms with Crippen LogP contribution in [0.15, 0.2) is 48.5 Å². The second-order valence-corrected chi connectivity index (χ2v) is 3.24. The molecular formula is C14H10O. The van der Waals surface area contributed by atoms with Gasteiger partial charge < -0.3 is 5.11 Å². The van der Waals surface area contributed by atoms with Gasteiger partial charge in [-0.05, 0) is 23.3 Å². The first kappa shape index (κ1) is 9.36. The van der Waals surface area contributed by atoms with Crippen LogP contribution in [-0.4, -0.2) is 5.11 Å². The molecule has 1 nitrogen and oxygen atoms in total. The van der Waals surface area contributed by atoms with Crippen LogP contribution < -0.4 is 0 Å². The van der Waals surface area contributed by atoms with Gasteiger partial charge in [0.2, 0.25) is 0 Å². The zero-order chi connectivity index (χ0) is 10.7. The second kappa shape index (κ2) is 3.89. The van der Waals surface area contributed by atoms with E-state index >= 15 is 0 Å². The van der Waals surface area contributed by atoms with Gasteiger partial charge in [0.25, 0.3) is 0 Å². The molecular weight excluding hydrogens is 184 g/mol. The van der Waals surface area contributed by atoms with Gasteiger partial charge in [0.1, 0.15) is 5.75 Å². The third kappa shape index (κ3) is 1.84. The highest BCUT2D eigenvalue weighted by atomic mass is 16.3. The molecule has 2 aromatic rings. The summed E-state index contributed by atoms with van der Waals surface area (Å²) >= 11 is 0. The molecule has 0 fully saturated rings. The van der Waals surface area contributed by atoms with E-state index in [1.165, 1.54) is 0 Å². The fourth-order valence-electron chi connectivity index (χ4n) is 1.46. The zero-order valence-electron chi connectivity index (χ0n) is 8.14. The molecule has 0 unspecified atom stereocenters. The number of aromatic hydroxyl groups is 1. The normalized spacial score (nSPS) is 9.53. The van der Waals surface area contributed by atoms with Gasteiger partial charge in [-0.15, -0.1) is 6.42 Å². The summed E-state index contributed by atoms with van der Waals surface area (Å²) in [6.07, 6.45) is 5.29. The summed E-state index contributed by atoms with van der Waals surface area (Å²) in [5.41, 5.74) is 2.63. The Balaban J connectivity index is 2.52. The molecule has 0 aliphatic heterocycles. The van der Waals surface area contributed by atoms with Crippen molar-refractivity contribution in [2.45, 2.75) is 0 Å². The minimum Gasteiger partial charge on any atom is -0.507 e. The molecule has 0 atom stereocenters. The standard InChI is InChI=1S/C14H10O/c1-2-11-10-13(8-9-14(11)15)12-6-4-3-5-7-12/h1,3-10,15H. The van der Waals surface area contributed by atoms with Crippen LogP contribution in [0, 0.1) is 12.3 Å². The van der Waals surface area contributed by atoms with Crippen LogP contribution in [0.1, 0.15) is 5.56 Å². The summed E-state index contributed by atoms with van der Waals surface area (Å²) < 4.78 is 0. The third-order valence-electron chi connectivity index (χ3n) is 2.26. The van der Waals surface area contributed by atoms with Gasteiger partial charge in [-0.3, -0.25) is 0 Å². The van der Waals surface area contributed by atoms with Crippen LogP contribution in [0.2, 0.25) is 0 Å². The number of phenolic OH excluding ortho intramolecular Hbond substituents is 1. The minimum atomic E-state index is 0.150. The van der Waals surface area contributed by atoms with Crippen LogP contribution in [0.5, 0.6) is 5.75 Å². The van der Waals surface area contributed by atoms with Crippen molar-refractivity contribution in [2.75, 3.05) is 0 Å². The van der Waals surface area contributed by atoms with Crippen molar-refractivity contribution < 1.29 is 5.11 Å². The number of hydrogen-bond donors (Lipinski definition) is 1. The molecule has 0 bridgehead atoms. The Bertz CT molecular complexity index is 507. The Labute approximate surface area is 89.0 Å². The minimum absolute atomic E-state index is 0.150. The van der Waals surface area contributed by atoms with E-state index in [1.807, 2.05) is 42.5 Å². The molecule has 0 heterocycles. The van der Waals surface area contributed by atoms with E-state index in [9.17, 15) is 5.11 Å². The highest BCUT2D eigenvalue weighted by Crippen LogP contribution is 2.24. The van der Waals surface area contributed by atoms with E-state index in [-0.39, 0.29) is 5.75 Å². The maximum Gasteiger partial charge on any atom is 0.131 e. The van der Waals surface area contributed by atoms with E-state index in [2.05, 4.69) is 5.92 Å². The average Bonchev–Trinajstić information content (AvgIpc) is 2.31. The summed E-state index contributed by atoms with van der Waals surface area (Å²) in [6.45, 7) is 0. The van der Waals surface area contributed by atoms with E-state index in [0.717, 1.165) is 11.1 Å². The lowest BCUT2D eigenvalue weighted by Crippen LogP contribution is -1.80. The summed E-state index contributed by atoms with van der Waals surface area (Å²) in [7, 11) is 0. The van der Waals surface area contributed by atoms with Crippen molar-refractivity contribution in [1.29, 1.82) is 0 Å². The number of benzene rings is 2. The predicted octanol–water partition coefficient (Wildman–Crippen LogP) is 3.04. The Morgan fingerprint density at radius 3 is 2.33 bits per heavy atom. The fourth-order valence-corrected chi connectivity index (χ4v) is 1.46. The molecule has 0 radical (unpaired) electrons. The lowest BCUT2D eigenvalue weighted by atomic mass is 10.0. The Hall–Kier alpha value is -2.20. The second-order valence-electron chi connectivity index (χ2n) is 3.24. The summed E-state index contributed by atoms with van der Waals surface area (Å²) in [5, 5.41) is 9.44. The molecule has 0 saturated carbocycles. The maximum absolute atomic E-state index is 9.44. The molecule has 72 valence electrons. The number of rotatable bonds is 1. The molecule has 0 aliphatic carbocycles. The van der Waals surface area contributed by atoms with E-state index in [4.69, 9.17) is 6.42 Å². The lowest BCUT2D eigenvalue weighted by Gasteiger charge is -2.03. The lowest BCUT2D eigenvalue weighted by molar-refractivity contribution is 0.474. The van der Waals surface area contributed by atoms with Crippen molar-refractivity contribution in [3.63, 3.8) is 0 Å². The number of terminal acetylenes is 1. The van der Waals surface area contributed by atoms with Gasteiger partial charge in [-0.1, -0.05) is 42.3 Å². The predicted molar refractivity (Wildman–Crippen MR) is 61.5 cm³/mol. The molecule has 2 rings (SSSR count). The first-order valence-corrected chi connectivity index (χ1v) is 4.66. The summed E-state index contributed by atoms with van der Waals surface area (Å²) in [6, 6.07) is 15.2. The highest BCUT2D eigenvalue weighted by molar-refractivity contribution is 5.67. The van der Waals surface area contributed by atoms with Gasteiger partial charge in [0.15, 0.2) is 0 Å². The van der Waals surface area contributed by atoms with Gasteiger partial charge in [-0.25, -0.2) is 0 Å². The SMILES string of the molecule is C#Cc1cc(-c2ccccc2)ccc1O. The third-order valence-corrected chi connectivity index (χ3v) is 2.26. The quantitative estimate of drug-likeness (QED) is 0.692. The van der Waals surface area contributed by atoms with Gasteiger partial charge in [0.05, 0.1) is 5.56 Å². The van der Waals surface area contributed by atoms with Crippen LogP contribution in [-0.2, 0) is 0 Å². The molecule has 0 aliphatic rings. The van der Waals surface area contributed by atoms with E-state index in [1.54, 1.807) is 6.07 Å². The molecule has 1 N–H and O–H groups in total. The topological polar surface area (TPSA) is 20.2 Å². The van der Waals surface area contributed by atoms with Crippen LogP contribution >= 0.6 is 0 Å². The molecule has 0 spiro atoms. The van der Waals surface area contributed by atoms with Crippen molar-refractivity contribution in [3.8, 4) is 29.2 Å². The van der Waals surface area contributed by atoms with Gasteiger partial charge in [0, 0.05) is 0 Å². The van der Waals surface area contributed by atoms with Crippen molar-refractivity contribution in [3.05, 3.63) is 54.1 Å². The monoisotopic (exact) mass is 194 g/mol. The smallest absolute Gasteiger partial charge is 0.131 e. The zero-order valence-corrected chi connectivity index (χ0v) is 8.14. The van der Waals surface area contributed by atoms with Gasteiger partial charge in [-0.2, -0.15) is 0 Å². The highest BCUT2D eigenvalue weighted by Gasteiger charge is 2.01. The number of hydrogen-bond acceptors (Lipinski definition) is 1. The largest absolute Gasteiger partial charge is 0.507 e. The molecule has 0 aromatic heterocycles. The summed E-state index contributed by atoms with van der Waals surface area (Å²) in [4.78, 5) is 0. The molecule has 2 aromatic carbocycles. The Morgan fingerprint density at radius 1 is 0.933 bits per heavy atom. The van der Waals surface area contributed by atoms with E-state index < -0.39 is 0 Å². The first-order chi connectivity index (χ1) is 7.31. The van der Waals surface area contributed by atoms with E-state index in [0.29, 0.717) is 5.56 Å². The van der Waals surface area contributed by atoms with Crippen molar-refractivity contribution >= 4 is 0 Å². The number of phenols is 1. The molecule has 0 saturated heterocycles. The fraction of sp³-hybridized carbons (Fsp3) is 0. The molecule has 0 amide bonds.